The number of alkyl halides is 14. The SMILES string of the molecule is FC(F)(F)C(F)(F)C(F)(F)C(F)(F)C(F)(F)C(F)(F)F.FC(F)=C(F)F. The zero-order chi connectivity index (χ0) is 22.2. The molecular formula is C8F18. The Bertz CT molecular complexity index is 448. The normalized spacial score (nSPS) is 14.5. The van der Waals surface area contributed by atoms with Crippen molar-refractivity contribution in [3.05, 3.63) is 12.2 Å². The fourth-order valence-corrected chi connectivity index (χ4v) is 0.750. The first-order valence-corrected chi connectivity index (χ1v) is 4.90. The Labute approximate surface area is 129 Å². The Balaban J connectivity index is 0. The molecule has 0 radical (unpaired) electrons. The van der Waals surface area contributed by atoms with E-state index < -0.39 is 48.2 Å². The van der Waals surface area contributed by atoms with E-state index in [0.717, 1.165) is 0 Å². The van der Waals surface area contributed by atoms with Gasteiger partial charge in [0.1, 0.15) is 0 Å². The average Bonchev–Trinajstić information content (AvgIpc) is 2.35. The second-order valence-electron chi connectivity index (χ2n) is 3.81. The van der Waals surface area contributed by atoms with Crippen molar-refractivity contribution in [2.24, 2.45) is 0 Å². The van der Waals surface area contributed by atoms with Crippen molar-refractivity contribution >= 4 is 0 Å². The van der Waals surface area contributed by atoms with Gasteiger partial charge in [-0.3, -0.25) is 0 Å². The molecule has 158 valence electrons. The fourth-order valence-electron chi connectivity index (χ4n) is 0.750. The summed E-state index contributed by atoms with van der Waals surface area (Å²) in [5, 5.41) is 0. The molecule has 0 heterocycles. The van der Waals surface area contributed by atoms with Crippen molar-refractivity contribution in [1.82, 2.24) is 0 Å². The van der Waals surface area contributed by atoms with E-state index >= 15 is 0 Å². The number of rotatable bonds is 3. The van der Waals surface area contributed by atoms with Crippen LogP contribution in [0.15, 0.2) is 12.2 Å². The van der Waals surface area contributed by atoms with Crippen LogP contribution in [0.25, 0.3) is 0 Å². The molecule has 0 aliphatic carbocycles. The maximum absolute atomic E-state index is 12.3. The molecule has 0 aromatic rings. The molecule has 0 aromatic carbocycles. The molecule has 0 amide bonds. The molecule has 0 atom stereocenters. The molecule has 0 aromatic heterocycles. The fraction of sp³-hybridized carbons (Fsp3) is 0.750. The summed E-state index contributed by atoms with van der Waals surface area (Å²) in [6.45, 7) is 0. The van der Waals surface area contributed by atoms with Crippen LogP contribution in [-0.4, -0.2) is 36.0 Å². The Morgan fingerprint density at radius 1 is 0.308 bits per heavy atom. The standard InChI is InChI=1S/C6F14.C2F4/c7-1(8,3(11,12)5(15,16)17)2(9,10)4(13,14)6(18,19)20;3-1(4)2(5)6. The largest absolute Gasteiger partial charge is 0.460 e. The Morgan fingerprint density at radius 3 is 0.538 bits per heavy atom. The molecule has 0 nitrogen and oxygen atoms in total. The van der Waals surface area contributed by atoms with Crippen LogP contribution in [0.1, 0.15) is 0 Å². The minimum atomic E-state index is -8.04. The van der Waals surface area contributed by atoms with Crippen LogP contribution in [0.3, 0.4) is 0 Å². The third-order valence-electron chi connectivity index (χ3n) is 2.04. The van der Waals surface area contributed by atoms with Gasteiger partial charge in [0.15, 0.2) is 0 Å². The van der Waals surface area contributed by atoms with E-state index in [1.165, 1.54) is 0 Å². The van der Waals surface area contributed by atoms with Gasteiger partial charge in [0.2, 0.25) is 0 Å². The third kappa shape index (κ3) is 4.60. The quantitative estimate of drug-likeness (QED) is 0.434. The minimum absolute atomic E-state index is 2.91. The van der Waals surface area contributed by atoms with Gasteiger partial charge in [-0.15, -0.1) is 0 Å². The average molecular weight is 438 g/mol. The number of hydrogen-bond acceptors (Lipinski definition) is 0. The van der Waals surface area contributed by atoms with Crippen molar-refractivity contribution in [3.63, 3.8) is 0 Å². The molecule has 0 saturated heterocycles. The predicted molar refractivity (Wildman–Crippen MR) is 43.4 cm³/mol. The Morgan fingerprint density at radius 2 is 0.462 bits per heavy atom. The topological polar surface area (TPSA) is 0 Å². The molecule has 0 rings (SSSR count). The molecule has 0 aliphatic rings. The molecular weight excluding hydrogens is 438 g/mol. The summed E-state index contributed by atoms with van der Waals surface area (Å²) in [6.07, 6.45) is -20.8. The monoisotopic (exact) mass is 438 g/mol. The number of hydrogen-bond donors (Lipinski definition) is 0. The van der Waals surface area contributed by atoms with Crippen LogP contribution in [0.5, 0.6) is 0 Å². The van der Waals surface area contributed by atoms with E-state index in [2.05, 4.69) is 0 Å². The van der Waals surface area contributed by atoms with Crippen molar-refractivity contribution in [3.8, 4) is 0 Å². The predicted octanol–water partition coefficient (Wildman–Crippen LogP) is 6.64. The van der Waals surface area contributed by atoms with E-state index in [0.29, 0.717) is 0 Å². The van der Waals surface area contributed by atoms with Gasteiger partial charge < -0.3 is 0 Å². The summed E-state index contributed by atoms with van der Waals surface area (Å²) in [6, 6.07) is 0. The molecule has 0 fully saturated rings. The molecule has 0 spiro atoms. The first kappa shape index (κ1) is 26.7. The maximum Gasteiger partial charge on any atom is 0.460 e. The van der Waals surface area contributed by atoms with Gasteiger partial charge >= 0.3 is 48.2 Å². The molecule has 0 bridgehead atoms. The lowest BCUT2D eigenvalue weighted by Gasteiger charge is -2.37. The molecule has 0 unspecified atom stereocenters. The van der Waals surface area contributed by atoms with E-state index in [4.69, 9.17) is 0 Å². The Hall–Kier alpha value is -1.52. The van der Waals surface area contributed by atoms with Gasteiger partial charge in [0.25, 0.3) is 0 Å². The van der Waals surface area contributed by atoms with Gasteiger partial charge in [0, 0.05) is 0 Å². The van der Waals surface area contributed by atoms with Gasteiger partial charge in [-0.05, 0) is 0 Å². The van der Waals surface area contributed by atoms with Crippen LogP contribution in [0.2, 0.25) is 0 Å². The van der Waals surface area contributed by atoms with Crippen LogP contribution in [-0.2, 0) is 0 Å². The molecule has 0 N–H and O–H groups in total. The first-order valence-electron chi connectivity index (χ1n) is 4.90. The van der Waals surface area contributed by atoms with E-state index in [9.17, 15) is 79.0 Å². The van der Waals surface area contributed by atoms with Gasteiger partial charge in [-0.25, -0.2) is 0 Å². The maximum atomic E-state index is 12.3. The summed E-state index contributed by atoms with van der Waals surface area (Å²) in [5.74, 6) is -31.7. The van der Waals surface area contributed by atoms with E-state index in [-0.39, 0.29) is 0 Å². The lowest BCUT2D eigenvalue weighted by atomic mass is 9.98. The Kier molecular flexibility index (Phi) is 7.44. The van der Waals surface area contributed by atoms with Gasteiger partial charge in [-0.2, -0.15) is 79.0 Å². The summed E-state index contributed by atoms with van der Waals surface area (Å²) in [4.78, 5) is 0. The highest BCUT2D eigenvalue weighted by atomic mass is 19.4. The molecule has 0 saturated carbocycles. The van der Waals surface area contributed by atoms with Gasteiger partial charge in [0.05, 0.1) is 0 Å². The van der Waals surface area contributed by atoms with E-state index in [1.807, 2.05) is 0 Å². The highest BCUT2D eigenvalue weighted by Crippen LogP contribution is 2.60. The summed E-state index contributed by atoms with van der Waals surface area (Å²) >= 11 is 0. The molecule has 26 heavy (non-hydrogen) atoms. The van der Waals surface area contributed by atoms with Crippen LogP contribution in [0, 0.1) is 0 Å². The first-order chi connectivity index (χ1) is 10.9. The molecule has 0 aliphatic heterocycles. The van der Waals surface area contributed by atoms with Gasteiger partial charge in [-0.1, -0.05) is 0 Å². The van der Waals surface area contributed by atoms with Crippen LogP contribution in [0.4, 0.5) is 79.0 Å². The van der Waals surface area contributed by atoms with Crippen LogP contribution >= 0.6 is 0 Å². The van der Waals surface area contributed by atoms with Crippen molar-refractivity contribution in [1.29, 1.82) is 0 Å². The van der Waals surface area contributed by atoms with Crippen molar-refractivity contribution in [2.75, 3.05) is 0 Å². The lowest BCUT2D eigenvalue weighted by molar-refractivity contribution is -0.451. The second-order valence-corrected chi connectivity index (χ2v) is 3.81. The smallest absolute Gasteiger partial charge is 0.192 e. The zero-order valence-electron chi connectivity index (χ0n) is 10.8. The highest BCUT2D eigenvalue weighted by Gasteiger charge is 2.91. The zero-order valence-corrected chi connectivity index (χ0v) is 10.8. The van der Waals surface area contributed by atoms with Crippen LogP contribution < -0.4 is 0 Å². The lowest BCUT2D eigenvalue weighted by Crippen LogP contribution is -2.69. The number of halogens is 18. The van der Waals surface area contributed by atoms with Crippen molar-refractivity contribution in [2.45, 2.75) is 36.0 Å². The van der Waals surface area contributed by atoms with Crippen molar-refractivity contribution < 1.29 is 79.0 Å². The second kappa shape index (κ2) is 7.24. The minimum Gasteiger partial charge on any atom is -0.192 e. The summed E-state index contributed by atoms with van der Waals surface area (Å²) < 4.78 is 207. The highest BCUT2D eigenvalue weighted by molar-refractivity contribution is 5.08. The molecule has 18 heteroatoms. The third-order valence-corrected chi connectivity index (χ3v) is 2.04. The summed E-state index contributed by atoms with van der Waals surface area (Å²) in [7, 11) is 0. The van der Waals surface area contributed by atoms with E-state index in [1.54, 1.807) is 0 Å². The summed E-state index contributed by atoms with van der Waals surface area (Å²) in [5.41, 5.74) is 0.